The molecule has 1 aromatic carbocycles. The first-order valence-corrected chi connectivity index (χ1v) is 11.2. The van der Waals surface area contributed by atoms with Crippen LogP contribution >= 0.6 is 0 Å². The van der Waals surface area contributed by atoms with Crippen LogP contribution in [0.15, 0.2) is 34.9 Å². The van der Waals surface area contributed by atoms with Gasteiger partial charge in [-0.05, 0) is 37.2 Å². The van der Waals surface area contributed by atoms with E-state index >= 15 is 0 Å². The summed E-state index contributed by atoms with van der Waals surface area (Å²) in [5.41, 5.74) is 1.09. The predicted molar refractivity (Wildman–Crippen MR) is 113 cm³/mol. The van der Waals surface area contributed by atoms with Crippen molar-refractivity contribution in [3.8, 4) is 0 Å². The van der Waals surface area contributed by atoms with Crippen molar-refractivity contribution in [1.82, 2.24) is 20.4 Å². The second-order valence-electron chi connectivity index (χ2n) is 8.45. The molecule has 1 N–H and O–H groups in total. The summed E-state index contributed by atoms with van der Waals surface area (Å²) in [6, 6.07) is 9.91. The average molecular weight is 413 g/mol. The van der Waals surface area contributed by atoms with Crippen molar-refractivity contribution in [2.75, 3.05) is 26.3 Å². The maximum atomic E-state index is 12.6. The van der Waals surface area contributed by atoms with Crippen molar-refractivity contribution in [2.45, 2.75) is 57.4 Å². The molecule has 2 aliphatic rings. The molecule has 1 aliphatic carbocycles. The van der Waals surface area contributed by atoms with Crippen LogP contribution in [0.5, 0.6) is 0 Å². The molecule has 2 amide bonds. The molecule has 2 fully saturated rings. The predicted octanol–water partition coefficient (Wildman–Crippen LogP) is 3.91. The van der Waals surface area contributed by atoms with Gasteiger partial charge in [-0.25, -0.2) is 4.79 Å². The number of carbonyl (C=O) groups is 1. The third-order valence-electron chi connectivity index (χ3n) is 6.13. The minimum atomic E-state index is -0.0383. The van der Waals surface area contributed by atoms with E-state index in [4.69, 9.17) is 9.26 Å². The van der Waals surface area contributed by atoms with Crippen molar-refractivity contribution in [1.29, 1.82) is 0 Å². The molecular formula is C23H32N4O3. The number of rotatable bonds is 8. The van der Waals surface area contributed by atoms with Gasteiger partial charge in [-0.15, -0.1) is 0 Å². The van der Waals surface area contributed by atoms with E-state index in [0.29, 0.717) is 37.8 Å². The fourth-order valence-corrected chi connectivity index (χ4v) is 4.37. The second-order valence-corrected chi connectivity index (χ2v) is 8.45. The van der Waals surface area contributed by atoms with E-state index in [1.807, 2.05) is 35.2 Å². The smallest absolute Gasteiger partial charge is 0.317 e. The molecule has 30 heavy (non-hydrogen) atoms. The molecule has 7 heteroatoms. The highest BCUT2D eigenvalue weighted by Gasteiger charge is 2.28. The number of urea groups is 1. The first-order chi connectivity index (χ1) is 14.8. The van der Waals surface area contributed by atoms with Gasteiger partial charge in [0, 0.05) is 32.7 Å². The first-order valence-electron chi connectivity index (χ1n) is 11.2. The lowest BCUT2D eigenvalue weighted by atomic mass is 9.98. The number of piperidine rings is 1. The number of nitrogens with one attached hydrogen (secondary N) is 1. The van der Waals surface area contributed by atoms with E-state index in [9.17, 15) is 4.79 Å². The van der Waals surface area contributed by atoms with Crippen molar-refractivity contribution in [3.05, 3.63) is 47.6 Å². The molecule has 2 heterocycles. The molecule has 0 bridgehead atoms. The van der Waals surface area contributed by atoms with Crippen LogP contribution < -0.4 is 5.32 Å². The summed E-state index contributed by atoms with van der Waals surface area (Å²) in [4.78, 5) is 19.0. The van der Waals surface area contributed by atoms with Crippen LogP contribution in [-0.2, 0) is 17.7 Å². The monoisotopic (exact) mass is 412 g/mol. The summed E-state index contributed by atoms with van der Waals surface area (Å²) < 4.78 is 11.3. The fourth-order valence-electron chi connectivity index (χ4n) is 4.37. The van der Waals surface area contributed by atoms with Crippen LogP contribution in [0.25, 0.3) is 0 Å². The van der Waals surface area contributed by atoms with Crippen LogP contribution in [0.4, 0.5) is 4.79 Å². The van der Waals surface area contributed by atoms with Gasteiger partial charge in [0.25, 0.3) is 0 Å². The minimum Gasteiger partial charge on any atom is -0.381 e. The summed E-state index contributed by atoms with van der Waals surface area (Å²) in [5, 5.41) is 7.13. The average Bonchev–Trinajstić information content (AvgIpc) is 3.48. The highest BCUT2D eigenvalue weighted by atomic mass is 16.5. The summed E-state index contributed by atoms with van der Waals surface area (Å²) >= 11 is 0. The van der Waals surface area contributed by atoms with Gasteiger partial charge in [0.2, 0.25) is 5.89 Å². The number of nitrogens with zero attached hydrogens (tertiary/aromatic N) is 3. The maximum absolute atomic E-state index is 12.6. The molecule has 0 radical (unpaired) electrons. The van der Waals surface area contributed by atoms with Gasteiger partial charge in [0.05, 0.1) is 12.5 Å². The Hall–Kier alpha value is -2.41. The van der Waals surface area contributed by atoms with Gasteiger partial charge < -0.3 is 19.5 Å². The van der Waals surface area contributed by atoms with Crippen molar-refractivity contribution >= 4 is 6.03 Å². The molecule has 0 spiro atoms. The summed E-state index contributed by atoms with van der Waals surface area (Å²) in [6.07, 6.45) is 7.83. The Balaban J connectivity index is 1.21. The van der Waals surface area contributed by atoms with Crippen molar-refractivity contribution < 1.29 is 14.1 Å². The normalized spacial score (nSPS) is 19.9. The van der Waals surface area contributed by atoms with Gasteiger partial charge in [-0.3, -0.25) is 0 Å². The molecule has 1 aliphatic heterocycles. The molecule has 1 unspecified atom stereocenters. The number of hydrogen-bond acceptors (Lipinski definition) is 5. The van der Waals surface area contributed by atoms with Gasteiger partial charge >= 0.3 is 6.03 Å². The summed E-state index contributed by atoms with van der Waals surface area (Å²) in [5.74, 6) is 2.16. The SMILES string of the molecule is O=C(NCc1ccccc1)N1CCCC(c2nc(CCOCC3CCCC3)no2)C1. The Kier molecular flexibility index (Phi) is 7.34. The Morgan fingerprint density at radius 3 is 2.83 bits per heavy atom. The highest BCUT2D eigenvalue weighted by molar-refractivity contribution is 5.74. The van der Waals surface area contributed by atoms with Gasteiger partial charge in [0.15, 0.2) is 5.82 Å². The number of likely N-dealkylation sites (tertiary alicyclic amines) is 1. The third-order valence-corrected chi connectivity index (χ3v) is 6.13. The lowest BCUT2D eigenvalue weighted by Crippen LogP contribution is -2.44. The number of amides is 2. The number of aromatic nitrogens is 2. The molecule has 7 nitrogen and oxygen atoms in total. The lowest BCUT2D eigenvalue weighted by Gasteiger charge is -2.31. The minimum absolute atomic E-state index is 0.0383. The molecule has 2 aromatic rings. The lowest BCUT2D eigenvalue weighted by molar-refractivity contribution is 0.102. The number of hydrogen-bond donors (Lipinski definition) is 1. The number of ether oxygens (including phenoxy) is 1. The Labute approximate surface area is 178 Å². The maximum Gasteiger partial charge on any atom is 0.317 e. The van der Waals surface area contributed by atoms with E-state index in [0.717, 1.165) is 37.5 Å². The van der Waals surface area contributed by atoms with E-state index in [1.54, 1.807) is 0 Å². The standard InChI is InChI=1S/C23H32N4O3/c28-23(24-15-18-7-2-1-3-8-18)27-13-6-11-20(16-27)22-25-21(26-30-22)12-14-29-17-19-9-4-5-10-19/h1-3,7-8,19-20H,4-6,9-17H2,(H,24,28). The van der Waals surface area contributed by atoms with Gasteiger partial charge in [-0.2, -0.15) is 4.98 Å². The Morgan fingerprint density at radius 2 is 2.00 bits per heavy atom. The van der Waals surface area contributed by atoms with Crippen LogP contribution in [0.1, 0.15) is 61.7 Å². The van der Waals surface area contributed by atoms with Gasteiger partial charge in [0.1, 0.15) is 0 Å². The zero-order chi connectivity index (χ0) is 20.6. The molecule has 1 saturated heterocycles. The fraction of sp³-hybridized carbons (Fsp3) is 0.609. The Bertz CT molecular complexity index is 789. The number of benzene rings is 1. The highest BCUT2D eigenvalue weighted by Crippen LogP contribution is 2.26. The largest absolute Gasteiger partial charge is 0.381 e. The molecule has 1 saturated carbocycles. The molecule has 4 rings (SSSR count). The van der Waals surface area contributed by atoms with Crippen LogP contribution in [-0.4, -0.2) is 47.4 Å². The molecule has 1 atom stereocenters. The van der Waals surface area contributed by atoms with Crippen LogP contribution in [0.3, 0.4) is 0 Å². The van der Waals surface area contributed by atoms with E-state index in [1.165, 1.54) is 25.7 Å². The topological polar surface area (TPSA) is 80.5 Å². The van der Waals surface area contributed by atoms with E-state index in [2.05, 4.69) is 15.5 Å². The quantitative estimate of drug-likeness (QED) is 0.665. The molecular weight excluding hydrogens is 380 g/mol. The summed E-state index contributed by atoms with van der Waals surface area (Å²) in [7, 11) is 0. The first kappa shape index (κ1) is 20.8. The molecule has 1 aromatic heterocycles. The Morgan fingerprint density at radius 1 is 1.17 bits per heavy atom. The third kappa shape index (κ3) is 5.81. The molecule has 162 valence electrons. The van der Waals surface area contributed by atoms with Crippen LogP contribution in [0.2, 0.25) is 0 Å². The van der Waals surface area contributed by atoms with E-state index in [-0.39, 0.29) is 11.9 Å². The van der Waals surface area contributed by atoms with Crippen molar-refractivity contribution in [3.63, 3.8) is 0 Å². The zero-order valence-corrected chi connectivity index (χ0v) is 17.6. The van der Waals surface area contributed by atoms with E-state index < -0.39 is 0 Å². The van der Waals surface area contributed by atoms with Crippen molar-refractivity contribution in [2.24, 2.45) is 5.92 Å². The summed E-state index contributed by atoms with van der Waals surface area (Å²) in [6.45, 7) is 3.38. The van der Waals surface area contributed by atoms with Crippen LogP contribution in [0, 0.1) is 5.92 Å². The van der Waals surface area contributed by atoms with Gasteiger partial charge in [-0.1, -0.05) is 48.3 Å². The zero-order valence-electron chi connectivity index (χ0n) is 17.6. The number of carbonyl (C=O) groups excluding carboxylic acids is 1. The second kappa shape index (κ2) is 10.6.